The van der Waals surface area contributed by atoms with E-state index in [0.717, 1.165) is 28.3 Å². The first-order valence-corrected chi connectivity index (χ1v) is 9.12. The van der Waals surface area contributed by atoms with Crippen LogP contribution in [0, 0.1) is 0 Å². The molecule has 2 heterocycles. The van der Waals surface area contributed by atoms with Crippen LogP contribution < -0.4 is 9.47 Å². The molecular weight excluding hydrogens is 356 g/mol. The van der Waals surface area contributed by atoms with Gasteiger partial charge in [0.2, 0.25) is 5.82 Å². The molecule has 0 atom stereocenters. The summed E-state index contributed by atoms with van der Waals surface area (Å²) < 4.78 is 16.3. The molecule has 0 fully saturated rings. The second-order valence-electron chi connectivity index (χ2n) is 6.00. The Morgan fingerprint density at radius 3 is 2.07 bits per heavy atom. The highest BCUT2D eigenvalue weighted by molar-refractivity contribution is 5.66. The second-order valence-corrected chi connectivity index (χ2v) is 6.00. The maximum atomic E-state index is 5.47. The Bertz CT molecular complexity index is 950. The summed E-state index contributed by atoms with van der Waals surface area (Å²) in [6.07, 6.45) is 0. The Hall–Kier alpha value is -3.61. The molecule has 2 aromatic carbocycles. The fourth-order valence-corrected chi connectivity index (χ4v) is 2.78. The van der Waals surface area contributed by atoms with Gasteiger partial charge in [0.15, 0.2) is 0 Å². The van der Waals surface area contributed by atoms with Gasteiger partial charge in [-0.25, -0.2) is 0 Å². The van der Waals surface area contributed by atoms with Crippen LogP contribution in [0.5, 0.6) is 11.5 Å². The standard InChI is InChI=1S/C21H20N4O3/c1-3-26-16-9-5-14(6-10-16)18-13-19(24-23-18)21-22-20(25-28-21)15-7-11-17(12-8-15)27-4-2/h5-13H,3-4H2,1-2H3,(H,23,24). The first-order chi connectivity index (χ1) is 13.8. The zero-order valence-corrected chi connectivity index (χ0v) is 15.7. The topological polar surface area (TPSA) is 86.1 Å². The van der Waals surface area contributed by atoms with Gasteiger partial charge in [-0.15, -0.1) is 0 Å². The number of nitrogens with zero attached hydrogens (tertiary/aromatic N) is 3. The molecule has 0 radical (unpaired) electrons. The smallest absolute Gasteiger partial charge is 0.276 e. The van der Waals surface area contributed by atoms with Crippen LogP contribution in [0.4, 0.5) is 0 Å². The number of hydrogen-bond acceptors (Lipinski definition) is 6. The summed E-state index contributed by atoms with van der Waals surface area (Å²) in [5, 5.41) is 11.4. The van der Waals surface area contributed by atoms with Crippen molar-refractivity contribution in [3.63, 3.8) is 0 Å². The van der Waals surface area contributed by atoms with Crippen LogP contribution >= 0.6 is 0 Å². The van der Waals surface area contributed by atoms with Crippen LogP contribution in [0.15, 0.2) is 59.1 Å². The van der Waals surface area contributed by atoms with Gasteiger partial charge in [0.1, 0.15) is 17.2 Å². The average Bonchev–Trinajstić information content (AvgIpc) is 3.40. The maximum Gasteiger partial charge on any atom is 0.276 e. The molecule has 0 aliphatic carbocycles. The molecule has 2 aromatic heterocycles. The normalized spacial score (nSPS) is 10.8. The molecule has 0 aliphatic heterocycles. The van der Waals surface area contributed by atoms with Gasteiger partial charge in [0, 0.05) is 11.1 Å². The predicted molar refractivity (Wildman–Crippen MR) is 105 cm³/mol. The van der Waals surface area contributed by atoms with E-state index in [2.05, 4.69) is 20.3 Å². The summed E-state index contributed by atoms with van der Waals surface area (Å²) in [6.45, 7) is 5.17. The van der Waals surface area contributed by atoms with Crippen molar-refractivity contribution >= 4 is 0 Å². The van der Waals surface area contributed by atoms with Gasteiger partial charge in [-0.1, -0.05) is 5.16 Å². The van der Waals surface area contributed by atoms with Gasteiger partial charge >= 0.3 is 0 Å². The molecule has 0 saturated heterocycles. The number of aromatic nitrogens is 4. The summed E-state index contributed by atoms with van der Waals surface area (Å²) in [6, 6.07) is 17.2. The summed E-state index contributed by atoms with van der Waals surface area (Å²) >= 11 is 0. The van der Waals surface area contributed by atoms with Crippen molar-refractivity contribution in [2.24, 2.45) is 0 Å². The highest BCUT2D eigenvalue weighted by atomic mass is 16.5. The van der Waals surface area contributed by atoms with E-state index < -0.39 is 0 Å². The highest BCUT2D eigenvalue weighted by Gasteiger charge is 2.14. The van der Waals surface area contributed by atoms with Gasteiger partial charge in [0.05, 0.1) is 18.9 Å². The minimum absolute atomic E-state index is 0.383. The van der Waals surface area contributed by atoms with Gasteiger partial charge < -0.3 is 14.0 Å². The van der Waals surface area contributed by atoms with Crippen molar-refractivity contribution < 1.29 is 14.0 Å². The largest absolute Gasteiger partial charge is 0.494 e. The zero-order valence-electron chi connectivity index (χ0n) is 15.7. The molecule has 28 heavy (non-hydrogen) atoms. The van der Waals surface area contributed by atoms with Gasteiger partial charge in [-0.3, -0.25) is 5.10 Å². The van der Waals surface area contributed by atoms with Crippen LogP contribution in [0.3, 0.4) is 0 Å². The van der Waals surface area contributed by atoms with Crippen LogP contribution in [0.2, 0.25) is 0 Å². The molecule has 0 bridgehead atoms. The van der Waals surface area contributed by atoms with Crippen molar-refractivity contribution in [3.8, 4) is 45.7 Å². The van der Waals surface area contributed by atoms with Crippen molar-refractivity contribution in [2.45, 2.75) is 13.8 Å². The molecule has 7 nitrogen and oxygen atoms in total. The number of H-pyrrole nitrogens is 1. The third-order valence-corrected chi connectivity index (χ3v) is 4.12. The van der Waals surface area contributed by atoms with E-state index in [9.17, 15) is 0 Å². The fraction of sp³-hybridized carbons (Fsp3) is 0.190. The molecule has 7 heteroatoms. The molecule has 0 amide bonds. The van der Waals surface area contributed by atoms with E-state index in [1.165, 1.54) is 0 Å². The Morgan fingerprint density at radius 2 is 1.46 bits per heavy atom. The number of rotatable bonds is 7. The monoisotopic (exact) mass is 376 g/mol. The van der Waals surface area contributed by atoms with Crippen molar-refractivity contribution in [1.82, 2.24) is 20.3 Å². The summed E-state index contributed by atoms with van der Waals surface area (Å²) in [5.74, 6) is 2.53. The van der Waals surface area contributed by atoms with Gasteiger partial charge in [0.25, 0.3) is 5.89 Å². The predicted octanol–water partition coefficient (Wildman–Crippen LogP) is 4.59. The van der Waals surface area contributed by atoms with Crippen LogP contribution in [0.1, 0.15) is 13.8 Å². The molecule has 142 valence electrons. The molecule has 4 rings (SSSR count). The minimum atomic E-state index is 0.383. The lowest BCUT2D eigenvalue weighted by Crippen LogP contribution is -1.90. The third kappa shape index (κ3) is 3.73. The molecule has 0 saturated carbocycles. The van der Waals surface area contributed by atoms with Crippen LogP contribution in [-0.2, 0) is 0 Å². The Morgan fingerprint density at radius 1 is 0.857 bits per heavy atom. The molecule has 0 aliphatic rings. The Labute approximate surface area is 162 Å². The molecule has 4 aromatic rings. The first kappa shape index (κ1) is 17.8. The summed E-state index contributed by atoms with van der Waals surface area (Å²) in [7, 11) is 0. The maximum absolute atomic E-state index is 5.47. The van der Waals surface area contributed by atoms with Crippen molar-refractivity contribution in [2.75, 3.05) is 13.2 Å². The number of benzene rings is 2. The van der Waals surface area contributed by atoms with E-state index in [1.54, 1.807) is 0 Å². The Balaban J connectivity index is 1.53. The van der Waals surface area contributed by atoms with E-state index in [1.807, 2.05) is 68.4 Å². The summed E-state index contributed by atoms with van der Waals surface area (Å²) in [4.78, 5) is 4.46. The lowest BCUT2D eigenvalue weighted by atomic mass is 10.1. The van der Waals surface area contributed by atoms with Crippen molar-refractivity contribution in [1.29, 1.82) is 0 Å². The van der Waals surface area contributed by atoms with Gasteiger partial charge in [-0.2, -0.15) is 10.1 Å². The first-order valence-electron chi connectivity index (χ1n) is 9.12. The van der Waals surface area contributed by atoms with E-state index >= 15 is 0 Å². The van der Waals surface area contributed by atoms with Gasteiger partial charge in [-0.05, 0) is 68.4 Å². The third-order valence-electron chi connectivity index (χ3n) is 4.12. The number of ether oxygens (including phenoxy) is 2. The van der Waals surface area contributed by atoms with Crippen LogP contribution in [-0.4, -0.2) is 33.6 Å². The SMILES string of the molecule is CCOc1ccc(-c2cc(-c3nc(-c4ccc(OCC)cc4)no3)[nH]n2)cc1. The molecule has 1 N–H and O–H groups in total. The molecule has 0 unspecified atom stereocenters. The summed E-state index contributed by atoms with van der Waals surface area (Å²) in [5.41, 5.74) is 3.27. The number of nitrogens with one attached hydrogen (secondary N) is 1. The Kier molecular flexibility index (Phi) is 5.05. The minimum Gasteiger partial charge on any atom is -0.494 e. The zero-order chi connectivity index (χ0) is 19.3. The number of hydrogen-bond donors (Lipinski definition) is 1. The second kappa shape index (κ2) is 7.96. The van der Waals surface area contributed by atoms with E-state index in [0.29, 0.717) is 30.6 Å². The quantitative estimate of drug-likeness (QED) is 0.508. The van der Waals surface area contributed by atoms with E-state index in [-0.39, 0.29) is 0 Å². The van der Waals surface area contributed by atoms with Crippen LogP contribution in [0.25, 0.3) is 34.2 Å². The highest BCUT2D eigenvalue weighted by Crippen LogP contribution is 2.27. The van der Waals surface area contributed by atoms with Crippen molar-refractivity contribution in [3.05, 3.63) is 54.6 Å². The molecule has 0 spiro atoms. The van der Waals surface area contributed by atoms with E-state index in [4.69, 9.17) is 14.0 Å². The number of aromatic amines is 1. The average molecular weight is 376 g/mol. The fourth-order valence-electron chi connectivity index (χ4n) is 2.78. The lowest BCUT2D eigenvalue weighted by Gasteiger charge is -2.02. The molecular formula is C21H20N4O3. The lowest BCUT2D eigenvalue weighted by molar-refractivity contribution is 0.340.